The normalized spacial score (nSPS) is 24.3. The number of amides is 2. The summed E-state index contributed by atoms with van der Waals surface area (Å²) in [6, 6.07) is 13.9. The highest BCUT2D eigenvalue weighted by Crippen LogP contribution is 2.53. The number of urea groups is 1. The predicted octanol–water partition coefficient (Wildman–Crippen LogP) is 3.92. The van der Waals surface area contributed by atoms with Gasteiger partial charge in [-0.1, -0.05) is 35.9 Å². The Labute approximate surface area is 291 Å². The lowest BCUT2D eigenvalue weighted by atomic mass is 9.95. The Balaban J connectivity index is 0.973. The van der Waals surface area contributed by atoms with Gasteiger partial charge in [0, 0.05) is 41.6 Å². The van der Waals surface area contributed by atoms with E-state index < -0.39 is 48.8 Å². The smallest absolute Gasteiger partial charge is 0.314 e. The van der Waals surface area contributed by atoms with Gasteiger partial charge < -0.3 is 45.3 Å². The third-order valence-corrected chi connectivity index (χ3v) is 9.99. The first-order valence-electron chi connectivity index (χ1n) is 17.1. The Morgan fingerprint density at radius 2 is 1.78 bits per heavy atom. The van der Waals surface area contributed by atoms with Crippen LogP contribution in [0.4, 0.5) is 4.79 Å². The molecule has 1 aliphatic heterocycles. The summed E-state index contributed by atoms with van der Waals surface area (Å²) in [6.45, 7) is 2.29. The van der Waals surface area contributed by atoms with Crippen LogP contribution in [0.2, 0.25) is 5.02 Å². The van der Waals surface area contributed by atoms with E-state index in [1.165, 1.54) is 0 Å². The molecule has 0 radical (unpaired) electrons. The molecule has 5 atom stereocenters. The van der Waals surface area contributed by atoms with Gasteiger partial charge in [0.15, 0.2) is 0 Å². The van der Waals surface area contributed by atoms with Gasteiger partial charge in [-0.05, 0) is 92.3 Å². The van der Waals surface area contributed by atoms with Crippen molar-refractivity contribution in [1.82, 2.24) is 15.6 Å². The summed E-state index contributed by atoms with van der Waals surface area (Å²) in [4.78, 5) is 16.7. The van der Waals surface area contributed by atoms with Crippen LogP contribution in [0.15, 0.2) is 54.9 Å². The second-order valence-corrected chi connectivity index (χ2v) is 13.8. The van der Waals surface area contributed by atoms with Crippen LogP contribution in [0, 0.1) is 6.92 Å². The molecule has 3 fully saturated rings. The van der Waals surface area contributed by atoms with Gasteiger partial charge in [-0.15, -0.1) is 0 Å². The van der Waals surface area contributed by atoms with Gasteiger partial charge in [0.2, 0.25) is 0 Å². The monoisotopic (exact) mass is 695 g/mol. The number of halogens is 1. The van der Waals surface area contributed by atoms with Crippen molar-refractivity contribution in [3.63, 3.8) is 0 Å². The highest BCUT2D eigenvalue weighted by molar-refractivity contribution is 6.31. The maximum atomic E-state index is 12.3. The zero-order valence-corrected chi connectivity index (χ0v) is 28.4. The Morgan fingerprint density at radius 3 is 2.53 bits per heavy atom. The minimum atomic E-state index is -1.48. The molecule has 2 aliphatic carbocycles. The summed E-state index contributed by atoms with van der Waals surface area (Å²) in [5.74, 6) is 0.897. The molecule has 2 saturated carbocycles. The molecule has 12 heteroatoms. The van der Waals surface area contributed by atoms with E-state index in [1.54, 1.807) is 0 Å². The van der Waals surface area contributed by atoms with Crippen LogP contribution >= 0.6 is 11.6 Å². The van der Waals surface area contributed by atoms with Crippen molar-refractivity contribution in [3.8, 4) is 16.9 Å². The number of aliphatic hydroxyl groups excluding tert-OH is 4. The van der Waals surface area contributed by atoms with E-state index in [4.69, 9.17) is 25.8 Å². The Bertz CT molecular complexity index is 1600. The van der Waals surface area contributed by atoms with Crippen LogP contribution < -0.4 is 15.4 Å². The largest absolute Gasteiger partial charge is 0.490 e. The molecule has 6 rings (SSSR count). The molecule has 2 heterocycles. The third kappa shape index (κ3) is 8.54. The average molecular weight is 696 g/mol. The Kier molecular flexibility index (Phi) is 11.4. The second-order valence-electron chi connectivity index (χ2n) is 13.3. The number of rotatable bonds is 15. The van der Waals surface area contributed by atoms with Crippen molar-refractivity contribution in [2.45, 2.75) is 101 Å². The number of aryl methyl sites for hydroxylation is 2. The van der Waals surface area contributed by atoms with Crippen molar-refractivity contribution in [3.05, 3.63) is 82.1 Å². The van der Waals surface area contributed by atoms with Gasteiger partial charge in [0.1, 0.15) is 36.3 Å². The van der Waals surface area contributed by atoms with E-state index in [9.17, 15) is 25.2 Å². The Hall–Kier alpha value is -3.29. The molecule has 0 bridgehead atoms. The van der Waals surface area contributed by atoms with Crippen molar-refractivity contribution in [1.29, 1.82) is 0 Å². The van der Waals surface area contributed by atoms with Crippen molar-refractivity contribution >= 4 is 17.6 Å². The molecule has 264 valence electrons. The number of unbranched alkanes of at least 4 members (excludes halogenated alkanes) is 1. The maximum Gasteiger partial charge on any atom is 0.314 e. The number of carbonyl (C=O) groups is 1. The minimum Gasteiger partial charge on any atom is -0.490 e. The number of para-hydroxylation sites is 1. The van der Waals surface area contributed by atoms with Crippen LogP contribution in [-0.4, -0.2) is 87.8 Å². The summed E-state index contributed by atoms with van der Waals surface area (Å²) in [5.41, 5.74) is 6.01. The molecule has 1 aromatic heterocycles. The number of nitrogens with one attached hydrogen (secondary N) is 2. The number of hydrogen-bond acceptors (Lipinski definition) is 9. The van der Waals surface area contributed by atoms with Gasteiger partial charge >= 0.3 is 6.03 Å². The van der Waals surface area contributed by atoms with E-state index in [2.05, 4.69) is 34.7 Å². The van der Waals surface area contributed by atoms with Gasteiger partial charge in [-0.25, -0.2) is 4.79 Å². The minimum absolute atomic E-state index is 0.0884. The molecule has 49 heavy (non-hydrogen) atoms. The number of carbonyl (C=O) groups excluding carboxylic acids is 1. The molecule has 1 saturated heterocycles. The molecular formula is C37H46ClN3O8. The number of aliphatic hydroxyl groups is 4. The summed E-state index contributed by atoms with van der Waals surface area (Å²) < 4.78 is 18.3. The Morgan fingerprint density at radius 1 is 1.00 bits per heavy atom. The van der Waals surface area contributed by atoms with Crippen molar-refractivity contribution < 1.29 is 39.4 Å². The van der Waals surface area contributed by atoms with E-state index in [0.29, 0.717) is 24.3 Å². The highest BCUT2D eigenvalue weighted by atomic mass is 35.5. The van der Waals surface area contributed by atoms with Gasteiger partial charge in [0.05, 0.1) is 24.9 Å². The molecule has 0 unspecified atom stereocenters. The SMILES string of the molecule is Cc1cc(COC2(c3cnccc3-c3ccccc3OC3CC3)CC2)c(Cl)cc1CCCCNC(=O)NC[C@@H]1O[C@H](CO)[C@@H](O)[C@H](O)[C@H]1O. The summed E-state index contributed by atoms with van der Waals surface area (Å²) in [6.07, 6.45) is 4.14. The fraction of sp³-hybridized carbons (Fsp3) is 0.514. The number of aromatic nitrogens is 1. The van der Waals surface area contributed by atoms with Crippen LogP contribution in [0.3, 0.4) is 0 Å². The molecule has 0 spiro atoms. The van der Waals surface area contributed by atoms with Gasteiger partial charge in [0.25, 0.3) is 0 Å². The van der Waals surface area contributed by atoms with Crippen LogP contribution in [0.1, 0.15) is 60.8 Å². The van der Waals surface area contributed by atoms with E-state index >= 15 is 0 Å². The third-order valence-electron chi connectivity index (χ3n) is 9.63. The van der Waals surface area contributed by atoms with Gasteiger partial charge in [-0.2, -0.15) is 0 Å². The van der Waals surface area contributed by atoms with Crippen LogP contribution in [0.25, 0.3) is 11.1 Å². The van der Waals surface area contributed by atoms with Crippen LogP contribution in [0.5, 0.6) is 5.75 Å². The fourth-order valence-corrected chi connectivity index (χ4v) is 6.62. The lowest BCUT2D eigenvalue weighted by molar-refractivity contribution is -0.227. The number of ether oxygens (including phenoxy) is 3. The first-order valence-corrected chi connectivity index (χ1v) is 17.5. The number of hydrogen-bond donors (Lipinski definition) is 6. The number of benzene rings is 2. The first-order chi connectivity index (χ1) is 23.7. The van der Waals surface area contributed by atoms with E-state index in [1.807, 2.05) is 42.7 Å². The number of pyridine rings is 1. The average Bonchev–Trinajstić information content (AvgIpc) is 4.05. The van der Waals surface area contributed by atoms with E-state index in [-0.39, 0.29) is 6.54 Å². The summed E-state index contributed by atoms with van der Waals surface area (Å²) in [5, 5.41) is 45.3. The van der Waals surface area contributed by atoms with Gasteiger partial charge in [-0.3, -0.25) is 4.98 Å². The zero-order chi connectivity index (χ0) is 34.5. The standard InChI is InChI=1S/C37H46ClN3O8/c1-22-16-24(21-47-37(12-13-37)28-18-39-15-11-26(28)27-7-2-3-8-30(27)48-25-9-10-25)29(38)17-23(22)6-4-5-14-40-36(46)41-19-31-33(43)35(45)34(44)32(20-42)49-31/h2-3,7-8,11,15-18,25,31-35,42-45H,4-6,9-10,12-14,19-21H2,1H3,(H2,40,41,46)/t31-,32+,33-,34+,35+/m0/s1. The molecule has 2 aromatic carbocycles. The molecular weight excluding hydrogens is 650 g/mol. The van der Waals surface area contributed by atoms with Crippen LogP contribution in [-0.2, 0) is 28.1 Å². The van der Waals surface area contributed by atoms with Crippen molar-refractivity contribution in [2.75, 3.05) is 19.7 Å². The molecule has 2 amide bonds. The molecule has 11 nitrogen and oxygen atoms in total. The second kappa shape index (κ2) is 15.7. The fourth-order valence-electron chi connectivity index (χ4n) is 6.38. The maximum absolute atomic E-state index is 12.3. The van der Waals surface area contributed by atoms with E-state index in [0.717, 1.165) is 84.1 Å². The topological polar surface area (TPSA) is 163 Å². The van der Waals surface area contributed by atoms with Crippen molar-refractivity contribution in [2.24, 2.45) is 0 Å². The highest BCUT2D eigenvalue weighted by Gasteiger charge is 2.48. The molecule has 6 N–H and O–H groups in total. The molecule has 3 aliphatic rings. The zero-order valence-electron chi connectivity index (χ0n) is 27.7. The quantitative estimate of drug-likeness (QED) is 0.129. The predicted molar refractivity (Wildman–Crippen MR) is 183 cm³/mol. The number of nitrogens with zero attached hydrogens (tertiary/aromatic N) is 1. The summed E-state index contributed by atoms with van der Waals surface area (Å²) >= 11 is 6.78. The summed E-state index contributed by atoms with van der Waals surface area (Å²) in [7, 11) is 0. The molecule has 3 aromatic rings. The lowest BCUT2D eigenvalue weighted by Gasteiger charge is -2.40. The lowest BCUT2D eigenvalue weighted by Crippen LogP contribution is -2.61. The first kappa shape index (κ1) is 35.5.